The van der Waals surface area contributed by atoms with E-state index in [0.29, 0.717) is 0 Å². The quantitative estimate of drug-likeness (QED) is 0.410. The number of rotatable bonds is 10. The van der Waals surface area contributed by atoms with Crippen LogP contribution in [0.2, 0.25) is 0 Å². The molecule has 0 aromatic carbocycles. The van der Waals surface area contributed by atoms with E-state index >= 15 is 0 Å². The van der Waals surface area contributed by atoms with Crippen molar-refractivity contribution >= 4 is 14.3 Å². The van der Waals surface area contributed by atoms with Crippen molar-refractivity contribution in [1.82, 2.24) is 14.2 Å². The highest BCUT2D eigenvalue weighted by molar-refractivity contribution is 7.44. The highest BCUT2D eigenvalue weighted by Crippen LogP contribution is 2.50. The smallest absolute Gasteiger partial charge is 0.351 e. The highest BCUT2D eigenvalue weighted by atomic mass is 31.2. The summed E-state index contributed by atoms with van der Waals surface area (Å²) in [5.41, 5.74) is 4.86. The zero-order chi connectivity index (χ0) is 22.4. The SMILES string of the molecule is CC(C)N(C(C)C)P(OCCC#N)O[C@H]1C[C@H](n2ccc(N)nc2=O)O[C@@H]1C(O)F. The number of halogens is 1. The van der Waals surface area contributed by atoms with E-state index in [0.717, 1.165) is 0 Å². The highest BCUT2D eigenvalue weighted by Gasteiger charge is 2.45. The Morgan fingerprint density at radius 1 is 1.50 bits per heavy atom. The minimum atomic E-state index is -2.32. The standard InChI is InChI=1S/C18H29FN5O5P/c1-11(2)24(12(3)4)30(27-9-5-7-20)29-13-10-15(28-16(13)17(19)25)23-8-6-14(21)22-18(23)26/h6,8,11-13,15-17,25H,5,9-10H2,1-4H3,(H2,21,22,26)/t13-,15+,16-,17?,30?/m0/s1. The third kappa shape index (κ3) is 6.17. The first-order chi connectivity index (χ1) is 14.1. The van der Waals surface area contributed by atoms with Gasteiger partial charge in [0.1, 0.15) is 24.3 Å². The molecule has 12 heteroatoms. The molecule has 168 valence electrons. The molecule has 2 unspecified atom stereocenters. The van der Waals surface area contributed by atoms with Gasteiger partial charge in [0.2, 0.25) is 6.36 Å². The molecule has 1 aromatic heterocycles. The number of nitrogens with zero attached hydrogens (tertiary/aromatic N) is 4. The maximum absolute atomic E-state index is 13.9. The molecule has 1 aliphatic rings. The van der Waals surface area contributed by atoms with Crippen LogP contribution in [0.15, 0.2) is 17.1 Å². The van der Waals surface area contributed by atoms with Gasteiger partial charge in [-0.25, -0.2) is 13.9 Å². The fraction of sp³-hybridized carbons (Fsp3) is 0.722. The van der Waals surface area contributed by atoms with E-state index in [2.05, 4.69) is 4.98 Å². The number of hydrogen-bond acceptors (Lipinski definition) is 9. The Balaban J connectivity index is 2.25. The van der Waals surface area contributed by atoms with Crippen LogP contribution in [0.5, 0.6) is 0 Å². The van der Waals surface area contributed by atoms with Crippen molar-refractivity contribution in [2.45, 2.75) is 77.4 Å². The summed E-state index contributed by atoms with van der Waals surface area (Å²) >= 11 is 0. The molecule has 10 nitrogen and oxygen atoms in total. The van der Waals surface area contributed by atoms with Gasteiger partial charge in [0.15, 0.2) is 0 Å². The average Bonchev–Trinajstić information content (AvgIpc) is 3.05. The minimum Gasteiger partial charge on any atom is -0.383 e. The molecule has 1 fully saturated rings. The molecule has 30 heavy (non-hydrogen) atoms. The number of aliphatic hydroxyl groups is 1. The average molecular weight is 445 g/mol. The molecule has 0 spiro atoms. The van der Waals surface area contributed by atoms with Gasteiger partial charge in [-0.1, -0.05) is 0 Å². The Labute approximate surface area is 176 Å². The molecule has 0 saturated carbocycles. The molecule has 5 atom stereocenters. The van der Waals surface area contributed by atoms with Crippen molar-refractivity contribution in [3.05, 3.63) is 22.7 Å². The van der Waals surface area contributed by atoms with Crippen molar-refractivity contribution in [2.75, 3.05) is 12.3 Å². The van der Waals surface area contributed by atoms with Gasteiger partial charge < -0.3 is 24.6 Å². The maximum Gasteiger partial charge on any atom is 0.351 e. The minimum absolute atomic E-state index is 0.0500. The lowest BCUT2D eigenvalue weighted by Crippen LogP contribution is -2.38. The Bertz CT molecular complexity index is 779. The third-order valence-electron chi connectivity index (χ3n) is 4.44. The molecular weight excluding hydrogens is 416 g/mol. The molecule has 3 N–H and O–H groups in total. The van der Waals surface area contributed by atoms with Crippen molar-refractivity contribution < 1.29 is 23.3 Å². The number of nitrogens with two attached hydrogens (primary N) is 1. The molecular formula is C18H29FN5O5P. The molecule has 0 amide bonds. The van der Waals surface area contributed by atoms with Crippen LogP contribution < -0.4 is 11.4 Å². The summed E-state index contributed by atoms with van der Waals surface area (Å²) in [7, 11) is -1.68. The lowest BCUT2D eigenvalue weighted by Gasteiger charge is -2.37. The van der Waals surface area contributed by atoms with Crippen molar-refractivity contribution in [3.63, 3.8) is 0 Å². The van der Waals surface area contributed by atoms with Crippen LogP contribution >= 0.6 is 8.53 Å². The monoisotopic (exact) mass is 445 g/mol. The number of aliphatic hydroxyl groups excluding tert-OH is 1. The second kappa shape index (κ2) is 11.1. The van der Waals surface area contributed by atoms with Crippen LogP contribution in [0.4, 0.5) is 10.2 Å². The third-order valence-corrected chi connectivity index (χ3v) is 6.59. The summed E-state index contributed by atoms with van der Waals surface area (Å²) in [5, 5.41) is 18.4. The maximum atomic E-state index is 13.9. The topological polar surface area (TPSA) is 136 Å². The molecule has 0 bridgehead atoms. The second-order valence-electron chi connectivity index (χ2n) is 7.40. The number of nitriles is 1. The number of nitrogen functional groups attached to an aromatic ring is 1. The van der Waals surface area contributed by atoms with Gasteiger partial charge in [0.25, 0.3) is 8.53 Å². The fourth-order valence-electron chi connectivity index (χ4n) is 3.24. The van der Waals surface area contributed by atoms with Gasteiger partial charge in [-0.2, -0.15) is 10.2 Å². The number of aromatic nitrogens is 2. The van der Waals surface area contributed by atoms with E-state index in [-0.39, 0.29) is 37.4 Å². The largest absolute Gasteiger partial charge is 0.383 e. The lowest BCUT2D eigenvalue weighted by molar-refractivity contribution is -0.128. The van der Waals surface area contributed by atoms with Crippen LogP contribution in [0.25, 0.3) is 0 Å². The molecule has 0 aliphatic carbocycles. The molecule has 0 radical (unpaired) electrons. The van der Waals surface area contributed by atoms with Crippen LogP contribution in [0.1, 0.15) is 46.8 Å². The molecule has 1 aromatic rings. The molecule has 1 saturated heterocycles. The predicted octanol–water partition coefficient (Wildman–Crippen LogP) is 2.06. The van der Waals surface area contributed by atoms with E-state index in [4.69, 9.17) is 24.8 Å². The summed E-state index contributed by atoms with van der Waals surface area (Å²) in [6.07, 6.45) is -3.72. The van der Waals surface area contributed by atoms with E-state index in [1.165, 1.54) is 16.8 Å². The van der Waals surface area contributed by atoms with E-state index < -0.39 is 39.0 Å². The predicted molar refractivity (Wildman–Crippen MR) is 109 cm³/mol. The Kier molecular flexibility index (Phi) is 9.09. The molecule has 2 rings (SSSR count). The summed E-state index contributed by atoms with van der Waals surface area (Å²) in [6.45, 7) is 8.05. The fourth-order valence-corrected chi connectivity index (χ4v) is 4.98. The first-order valence-corrected chi connectivity index (χ1v) is 10.9. The van der Waals surface area contributed by atoms with Gasteiger partial charge in [-0.05, 0) is 33.8 Å². The summed E-state index contributed by atoms with van der Waals surface area (Å²) < 4.78 is 34.6. The number of alkyl halides is 1. The van der Waals surface area contributed by atoms with Crippen LogP contribution in [0.3, 0.4) is 0 Å². The molecule has 1 aliphatic heterocycles. The Hall–Kier alpha value is -1.67. The first-order valence-electron chi connectivity index (χ1n) is 9.73. The zero-order valence-corrected chi connectivity index (χ0v) is 18.4. The zero-order valence-electron chi connectivity index (χ0n) is 17.5. The molecule has 2 heterocycles. The summed E-state index contributed by atoms with van der Waals surface area (Å²) in [5.74, 6) is 0.0584. The lowest BCUT2D eigenvalue weighted by atomic mass is 10.2. The van der Waals surface area contributed by atoms with E-state index in [1.54, 1.807) is 0 Å². The van der Waals surface area contributed by atoms with Gasteiger partial charge in [0, 0.05) is 24.7 Å². The van der Waals surface area contributed by atoms with Crippen LogP contribution in [0, 0.1) is 11.3 Å². The summed E-state index contributed by atoms with van der Waals surface area (Å²) in [6, 6.07) is 3.54. The Morgan fingerprint density at radius 3 is 2.70 bits per heavy atom. The van der Waals surface area contributed by atoms with Crippen molar-refractivity contribution in [2.24, 2.45) is 0 Å². The van der Waals surface area contributed by atoms with Crippen LogP contribution in [-0.2, 0) is 13.8 Å². The van der Waals surface area contributed by atoms with Crippen LogP contribution in [-0.4, -0.2) is 56.6 Å². The number of ether oxygens (including phenoxy) is 1. The Morgan fingerprint density at radius 2 is 2.17 bits per heavy atom. The number of anilines is 1. The van der Waals surface area contributed by atoms with Gasteiger partial charge in [-0.3, -0.25) is 4.57 Å². The van der Waals surface area contributed by atoms with Gasteiger partial charge >= 0.3 is 5.69 Å². The van der Waals surface area contributed by atoms with Crippen molar-refractivity contribution in [3.8, 4) is 6.07 Å². The normalized spacial score (nSPS) is 23.8. The first kappa shape index (κ1) is 24.6. The van der Waals surface area contributed by atoms with Gasteiger partial charge in [0.05, 0.1) is 19.1 Å². The second-order valence-corrected chi connectivity index (χ2v) is 8.80. The summed E-state index contributed by atoms with van der Waals surface area (Å²) in [4.78, 5) is 15.8. The number of hydrogen-bond donors (Lipinski definition) is 2. The van der Waals surface area contributed by atoms with Crippen molar-refractivity contribution in [1.29, 1.82) is 5.26 Å². The van der Waals surface area contributed by atoms with Gasteiger partial charge in [-0.15, -0.1) is 0 Å². The van der Waals surface area contributed by atoms with E-state index in [9.17, 15) is 14.3 Å². The van der Waals surface area contributed by atoms with E-state index in [1.807, 2.05) is 38.4 Å².